The van der Waals surface area contributed by atoms with E-state index in [1.807, 2.05) is 0 Å². The fourth-order valence-electron chi connectivity index (χ4n) is 3.95. The second-order valence-corrected chi connectivity index (χ2v) is 9.38. The number of aryl methyl sites for hydroxylation is 1. The van der Waals surface area contributed by atoms with Gasteiger partial charge in [-0.2, -0.15) is 17.5 Å². The summed E-state index contributed by atoms with van der Waals surface area (Å²) in [5.74, 6) is -0.193. The van der Waals surface area contributed by atoms with Gasteiger partial charge in [0.1, 0.15) is 0 Å². The molecule has 0 N–H and O–H groups in total. The van der Waals surface area contributed by atoms with Crippen molar-refractivity contribution in [3.8, 4) is 0 Å². The summed E-state index contributed by atoms with van der Waals surface area (Å²) < 4.78 is 65.6. The van der Waals surface area contributed by atoms with Crippen LogP contribution in [0.15, 0.2) is 41.3 Å². The Balaban J connectivity index is 1.69. The molecule has 0 saturated carbocycles. The normalized spacial score (nSPS) is 22.5. The third-order valence-electron chi connectivity index (χ3n) is 5.49. The van der Waals surface area contributed by atoms with Gasteiger partial charge >= 0.3 is 6.18 Å². The van der Waals surface area contributed by atoms with Gasteiger partial charge in [-0.25, -0.2) is 8.42 Å². The van der Waals surface area contributed by atoms with Gasteiger partial charge in [-0.1, -0.05) is 0 Å². The number of halogens is 3. The molecule has 1 amide bonds. The molecule has 1 unspecified atom stereocenters. The molecule has 0 spiro atoms. The van der Waals surface area contributed by atoms with Crippen molar-refractivity contribution in [1.82, 2.24) is 14.2 Å². The van der Waals surface area contributed by atoms with E-state index in [0.717, 1.165) is 24.3 Å². The molecule has 0 radical (unpaired) electrons. The van der Waals surface area contributed by atoms with Gasteiger partial charge < -0.3 is 4.90 Å². The summed E-state index contributed by atoms with van der Waals surface area (Å²) in [4.78, 5) is 18.6. The number of fused-ring (bicyclic) bond motifs is 3. The molecule has 4 rings (SSSR count). The Bertz CT molecular complexity index is 1100. The van der Waals surface area contributed by atoms with Crippen LogP contribution in [0.2, 0.25) is 0 Å². The van der Waals surface area contributed by atoms with Crippen molar-refractivity contribution in [2.75, 3.05) is 19.6 Å². The first-order valence-electron chi connectivity index (χ1n) is 8.92. The minimum absolute atomic E-state index is 0.0223. The highest BCUT2D eigenvalue weighted by Crippen LogP contribution is 2.41. The van der Waals surface area contributed by atoms with Crippen LogP contribution in [-0.4, -0.2) is 48.1 Å². The Morgan fingerprint density at radius 2 is 1.72 bits per heavy atom. The topological polar surface area (TPSA) is 70.6 Å². The standard InChI is InChI=1S/C19H18F3N3O3S/c1-12-3-8-15-16(23-12)18(2)11-24(9-10-25(18)17(15)26)29(27,28)14-6-4-13(5-7-14)19(20,21)22/h3-8H,9-11H2,1-2H3. The van der Waals surface area contributed by atoms with Crippen LogP contribution in [0.1, 0.15) is 34.2 Å². The molecule has 2 aromatic rings. The van der Waals surface area contributed by atoms with Gasteiger partial charge in [0, 0.05) is 25.3 Å². The van der Waals surface area contributed by atoms with Crippen LogP contribution in [0.3, 0.4) is 0 Å². The Kier molecular flexibility index (Phi) is 4.29. The first kappa shape index (κ1) is 19.8. The molecule has 1 fully saturated rings. The molecule has 154 valence electrons. The number of piperazine rings is 1. The monoisotopic (exact) mass is 425 g/mol. The van der Waals surface area contributed by atoms with Gasteiger partial charge in [0.15, 0.2) is 0 Å². The number of aromatic nitrogens is 1. The second-order valence-electron chi connectivity index (χ2n) is 7.44. The molecular weight excluding hydrogens is 407 g/mol. The summed E-state index contributed by atoms with van der Waals surface area (Å²) in [6.07, 6.45) is -4.54. The summed E-state index contributed by atoms with van der Waals surface area (Å²) in [5, 5.41) is 0. The zero-order chi connectivity index (χ0) is 21.2. The van der Waals surface area contributed by atoms with Crippen LogP contribution in [0.4, 0.5) is 13.2 Å². The number of benzene rings is 1. The predicted octanol–water partition coefficient (Wildman–Crippen LogP) is 2.78. The van der Waals surface area contributed by atoms with Crippen molar-refractivity contribution in [2.45, 2.75) is 30.5 Å². The van der Waals surface area contributed by atoms with Crippen molar-refractivity contribution in [3.05, 3.63) is 58.9 Å². The molecule has 10 heteroatoms. The molecule has 1 saturated heterocycles. The maximum Gasteiger partial charge on any atom is 0.416 e. The number of carbonyl (C=O) groups excluding carboxylic acids is 1. The van der Waals surface area contributed by atoms with Crippen molar-refractivity contribution in [3.63, 3.8) is 0 Å². The van der Waals surface area contributed by atoms with Crippen molar-refractivity contribution >= 4 is 15.9 Å². The smallest absolute Gasteiger partial charge is 0.325 e. The lowest BCUT2D eigenvalue weighted by molar-refractivity contribution is -0.137. The van der Waals surface area contributed by atoms with E-state index in [-0.39, 0.29) is 30.4 Å². The SMILES string of the molecule is Cc1ccc2c(n1)C1(C)CN(S(=O)(=O)c3ccc(C(F)(F)F)cc3)CCN1C2=O. The molecule has 3 heterocycles. The Labute approximate surface area is 166 Å². The van der Waals surface area contributed by atoms with E-state index in [2.05, 4.69) is 4.98 Å². The van der Waals surface area contributed by atoms with Gasteiger partial charge in [-0.3, -0.25) is 9.78 Å². The zero-order valence-electron chi connectivity index (χ0n) is 15.7. The van der Waals surface area contributed by atoms with E-state index in [1.54, 1.807) is 30.9 Å². The van der Waals surface area contributed by atoms with E-state index in [1.165, 1.54) is 4.31 Å². The maximum atomic E-state index is 13.1. The zero-order valence-corrected chi connectivity index (χ0v) is 16.5. The van der Waals surface area contributed by atoms with Crippen molar-refractivity contribution < 1.29 is 26.4 Å². The average Bonchev–Trinajstić information content (AvgIpc) is 2.87. The first-order chi connectivity index (χ1) is 13.4. The highest BCUT2D eigenvalue weighted by atomic mass is 32.2. The summed E-state index contributed by atoms with van der Waals surface area (Å²) >= 11 is 0. The molecule has 0 bridgehead atoms. The van der Waals surface area contributed by atoms with E-state index in [4.69, 9.17) is 0 Å². The Hall–Kier alpha value is -2.46. The number of hydrogen-bond acceptors (Lipinski definition) is 4. The summed E-state index contributed by atoms with van der Waals surface area (Å²) in [6, 6.07) is 6.86. The lowest BCUT2D eigenvalue weighted by Crippen LogP contribution is -2.58. The van der Waals surface area contributed by atoms with Crippen molar-refractivity contribution in [2.24, 2.45) is 0 Å². The molecule has 2 aliphatic heterocycles. The second kappa shape index (κ2) is 6.27. The molecule has 29 heavy (non-hydrogen) atoms. The van der Waals surface area contributed by atoms with Crippen LogP contribution in [0.5, 0.6) is 0 Å². The highest BCUT2D eigenvalue weighted by Gasteiger charge is 2.52. The average molecular weight is 425 g/mol. The molecule has 1 aromatic heterocycles. The largest absolute Gasteiger partial charge is 0.416 e. The minimum Gasteiger partial charge on any atom is -0.325 e. The number of alkyl halides is 3. The lowest BCUT2D eigenvalue weighted by atomic mass is 9.95. The molecular formula is C19H18F3N3O3S. The van der Waals surface area contributed by atoms with Gasteiger partial charge in [0.2, 0.25) is 10.0 Å². The summed E-state index contributed by atoms with van der Waals surface area (Å²) in [5.41, 5.74) is -0.164. The summed E-state index contributed by atoms with van der Waals surface area (Å²) in [7, 11) is -4.03. The molecule has 6 nitrogen and oxygen atoms in total. The van der Waals surface area contributed by atoms with Crippen LogP contribution >= 0.6 is 0 Å². The molecule has 0 aliphatic carbocycles. The number of nitrogens with zero attached hydrogens (tertiary/aromatic N) is 3. The number of amides is 1. The molecule has 1 atom stereocenters. The predicted molar refractivity (Wildman–Crippen MR) is 97.6 cm³/mol. The van der Waals surface area contributed by atoms with Crippen LogP contribution in [-0.2, 0) is 21.7 Å². The van der Waals surface area contributed by atoms with Crippen LogP contribution in [0.25, 0.3) is 0 Å². The van der Waals surface area contributed by atoms with Crippen molar-refractivity contribution in [1.29, 1.82) is 0 Å². The Morgan fingerprint density at radius 3 is 2.34 bits per heavy atom. The van der Waals surface area contributed by atoms with E-state index < -0.39 is 27.3 Å². The van der Waals surface area contributed by atoms with Crippen LogP contribution in [0, 0.1) is 6.92 Å². The van der Waals surface area contributed by atoms with E-state index in [9.17, 15) is 26.4 Å². The van der Waals surface area contributed by atoms with E-state index >= 15 is 0 Å². The van der Waals surface area contributed by atoms with Gasteiger partial charge in [0.25, 0.3) is 5.91 Å². The highest BCUT2D eigenvalue weighted by molar-refractivity contribution is 7.89. The Morgan fingerprint density at radius 1 is 1.07 bits per heavy atom. The number of pyridine rings is 1. The first-order valence-corrected chi connectivity index (χ1v) is 10.4. The fraction of sp³-hybridized carbons (Fsp3) is 0.368. The molecule has 2 aliphatic rings. The van der Waals surface area contributed by atoms with Gasteiger partial charge in [0.05, 0.1) is 27.3 Å². The van der Waals surface area contributed by atoms with Gasteiger partial charge in [-0.15, -0.1) is 0 Å². The third-order valence-corrected chi connectivity index (χ3v) is 7.35. The lowest BCUT2D eigenvalue weighted by Gasteiger charge is -2.44. The third kappa shape index (κ3) is 3.01. The number of carbonyl (C=O) groups is 1. The summed E-state index contributed by atoms with van der Waals surface area (Å²) in [6.45, 7) is 3.75. The number of sulfonamides is 1. The van der Waals surface area contributed by atoms with E-state index in [0.29, 0.717) is 17.0 Å². The fourth-order valence-corrected chi connectivity index (χ4v) is 5.47. The number of rotatable bonds is 2. The minimum atomic E-state index is -4.54. The quantitative estimate of drug-likeness (QED) is 0.742. The number of hydrogen-bond donors (Lipinski definition) is 0. The van der Waals surface area contributed by atoms with Crippen LogP contribution < -0.4 is 0 Å². The molecule has 1 aromatic carbocycles. The van der Waals surface area contributed by atoms with Gasteiger partial charge in [-0.05, 0) is 50.2 Å². The maximum absolute atomic E-state index is 13.1.